The van der Waals surface area contributed by atoms with E-state index in [4.69, 9.17) is 14.5 Å². The third kappa shape index (κ3) is 5.70. The first-order chi connectivity index (χ1) is 21.5. The van der Waals surface area contributed by atoms with E-state index in [1.165, 1.54) is 0 Å². The Morgan fingerprint density at radius 1 is 0.886 bits per heavy atom. The van der Waals surface area contributed by atoms with Crippen molar-refractivity contribution in [3.8, 4) is 17.0 Å². The highest BCUT2D eigenvalue weighted by atomic mass is 16.6. The van der Waals surface area contributed by atoms with Crippen molar-refractivity contribution in [1.82, 2.24) is 14.8 Å². The van der Waals surface area contributed by atoms with Crippen LogP contribution in [-0.2, 0) is 23.3 Å². The Hall–Kier alpha value is -4.91. The van der Waals surface area contributed by atoms with Gasteiger partial charge in [-0.25, -0.2) is 4.79 Å². The number of para-hydroxylation sites is 1. The molecule has 1 aromatic heterocycles. The summed E-state index contributed by atoms with van der Waals surface area (Å²) in [5.41, 5.74) is 5.82. The molecule has 1 atom stereocenters. The minimum absolute atomic E-state index is 0.0254. The van der Waals surface area contributed by atoms with E-state index in [9.17, 15) is 9.59 Å². The number of pyridine rings is 1. The van der Waals surface area contributed by atoms with Gasteiger partial charge in [0, 0.05) is 35.8 Å². The third-order valence-electron chi connectivity index (χ3n) is 8.59. The summed E-state index contributed by atoms with van der Waals surface area (Å²) >= 11 is 0. The van der Waals surface area contributed by atoms with Crippen molar-refractivity contribution in [2.75, 3.05) is 19.7 Å². The van der Waals surface area contributed by atoms with E-state index in [1.807, 2.05) is 103 Å². The number of benzene rings is 3. The monoisotopic (exact) mass is 587 g/mol. The average Bonchev–Trinajstić information content (AvgIpc) is 3.08. The van der Waals surface area contributed by atoms with Gasteiger partial charge in [0.2, 0.25) is 0 Å². The molecule has 0 radical (unpaired) electrons. The van der Waals surface area contributed by atoms with Crippen LogP contribution in [0.4, 0.5) is 4.79 Å². The van der Waals surface area contributed by atoms with E-state index in [1.54, 1.807) is 4.90 Å². The van der Waals surface area contributed by atoms with Crippen LogP contribution in [0.3, 0.4) is 0 Å². The van der Waals surface area contributed by atoms with Crippen LogP contribution in [-0.4, -0.2) is 46.5 Å². The van der Waals surface area contributed by atoms with Gasteiger partial charge in [0.25, 0.3) is 5.91 Å². The SMILES string of the molecule is CCOc1ccccc1-c1ccc2c(n1)CN(C(=O)OCc1ccccc1)C[C@]21CCN(C(=O)c2ccccc2)C=C1CC. The highest BCUT2D eigenvalue weighted by Crippen LogP contribution is 2.46. The van der Waals surface area contributed by atoms with Crippen LogP contribution in [0.5, 0.6) is 5.75 Å². The number of nitrogens with zero attached hydrogens (tertiary/aromatic N) is 3. The molecule has 2 aliphatic heterocycles. The summed E-state index contributed by atoms with van der Waals surface area (Å²) in [6.45, 7) is 6.13. The maximum Gasteiger partial charge on any atom is 0.410 e. The summed E-state index contributed by atoms with van der Waals surface area (Å²) in [7, 11) is 0. The topological polar surface area (TPSA) is 72.0 Å². The lowest BCUT2D eigenvalue weighted by molar-refractivity contribution is 0.0704. The minimum Gasteiger partial charge on any atom is -0.493 e. The summed E-state index contributed by atoms with van der Waals surface area (Å²) in [5.74, 6) is 0.747. The predicted molar refractivity (Wildman–Crippen MR) is 170 cm³/mol. The molecule has 224 valence electrons. The highest BCUT2D eigenvalue weighted by Gasteiger charge is 2.47. The summed E-state index contributed by atoms with van der Waals surface area (Å²) in [6.07, 6.45) is 3.01. The van der Waals surface area contributed by atoms with Gasteiger partial charge in [-0.05, 0) is 66.8 Å². The van der Waals surface area contributed by atoms with Gasteiger partial charge < -0.3 is 19.3 Å². The number of hydrogen-bond donors (Lipinski definition) is 0. The largest absolute Gasteiger partial charge is 0.493 e. The molecule has 44 heavy (non-hydrogen) atoms. The van der Waals surface area contributed by atoms with Crippen molar-refractivity contribution in [3.63, 3.8) is 0 Å². The number of carbonyl (C=O) groups is 2. The molecule has 0 bridgehead atoms. The van der Waals surface area contributed by atoms with Crippen LogP contribution in [0, 0.1) is 0 Å². The first kappa shape index (κ1) is 29.2. The summed E-state index contributed by atoms with van der Waals surface area (Å²) < 4.78 is 11.7. The molecule has 3 aromatic carbocycles. The fraction of sp³-hybridized carbons (Fsp3) is 0.270. The normalized spacial score (nSPS) is 17.5. The molecule has 7 heteroatoms. The van der Waals surface area contributed by atoms with Gasteiger partial charge in [-0.15, -0.1) is 0 Å². The lowest BCUT2D eigenvalue weighted by atomic mass is 9.66. The van der Waals surface area contributed by atoms with Gasteiger partial charge in [-0.3, -0.25) is 9.78 Å². The van der Waals surface area contributed by atoms with E-state index in [0.717, 1.165) is 45.8 Å². The molecule has 0 N–H and O–H groups in total. The van der Waals surface area contributed by atoms with Crippen molar-refractivity contribution in [2.24, 2.45) is 0 Å². The Balaban J connectivity index is 1.39. The molecule has 2 aliphatic rings. The van der Waals surface area contributed by atoms with Crippen molar-refractivity contribution < 1.29 is 19.1 Å². The standard InChI is InChI=1S/C37H37N3O4/c1-3-29-23-39(35(41)28-15-9-6-10-16-28)22-21-37(29)26-40(36(42)44-25-27-13-7-5-8-14-27)24-33-31(37)19-20-32(38-33)30-17-11-12-18-34(30)43-4-2/h5-20,23H,3-4,21-22,24-26H2,1-2H3/t37-/m0/s1. The fourth-order valence-corrected chi connectivity index (χ4v) is 6.43. The Bertz CT molecular complexity index is 1670. The molecule has 7 nitrogen and oxygen atoms in total. The second-order valence-corrected chi connectivity index (χ2v) is 11.2. The Kier molecular flexibility index (Phi) is 8.46. The quantitative estimate of drug-likeness (QED) is 0.226. The van der Waals surface area contributed by atoms with Gasteiger partial charge in [-0.1, -0.05) is 73.7 Å². The molecule has 1 spiro atoms. The van der Waals surface area contributed by atoms with Crippen LogP contribution in [0.15, 0.2) is 109 Å². The third-order valence-corrected chi connectivity index (χ3v) is 8.59. The maximum absolute atomic E-state index is 13.6. The number of hydrogen-bond acceptors (Lipinski definition) is 5. The summed E-state index contributed by atoms with van der Waals surface area (Å²) in [4.78, 5) is 35.8. The number of aromatic nitrogens is 1. The van der Waals surface area contributed by atoms with Crippen LogP contribution in [0.2, 0.25) is 0 Å². The number of fused-ring (bicyclic) bond motifs is 2. The van der Waals surface area contributed by atoms with Crippen LogP contribution in [0.1, 0.15) is 53.9 Å². The van der Waals surface area contributed by atoms with Crippen LogP contribution < -0.4 is 4.74 Å². The zero-order chi connectivity index (χ0) is 30.5. The maximum atomic E-state index is 13.6. The second-order valence-electron chi connectivity index (χ2n) is 11.2. The molecule has 0 unspecified atom stereocenters. The van der Waals surface area contributed by atoms with E-state index < -0.39 is 5.41 Å². The molecule has 0 saturated carbocycles. The van der Waals surface area contributed by atoms with Gasteiger partial charge in [-0.2, -0.15) is 0 Å². The molecule has 0 saturated heterocycles. The van der Waals surface area contributed by atoms with E-state index in [-0.39, 0.29) is 18.6 Å². The minimum atomic E-state index is -0.494. The molecular weight excluding hydrogens is 550 g/mol. The first-order valence-electron chi connectivity index (χ1n) is 15.3. The fourth-order valence-electron chi connectivity index (χ4n) is 6.43. The highest BCUT2D eigenvalue weighted by molar-refractivity contribution is 5.95. The Morgan fingerprint density at radius 3 is 2.36 bits per heavy atom. The van der Waals surface area contributed by atoms with E-state index in [2.05, 4.69) is 19.1 Å². The van der Waals surface area contributed by atoms with Crippen LogP contribution >= 0.6 is 0 Å². The lowest BCUT2D eigenvalue weighted by Crippen LogP contribution is -2.53. The molecule has 2 amide bonds. The molecular formula is C37H37N3O4. The predicted octanol–water partition coefficient (Wildman–Crippen LogP) is 7.38. The van der Waals surface area contributed by atoms with Gasteiger partial charge in [0.15, 0.2) is 0 Å². The van der Waals surface area contributed by atoms with Crippen molar-refractivity contribution in [1.29, 1.82) is 0 Å². The van der Waals surface area contributed by atoms with Crippen molar-refractivity contribution in [3.05, 3.63) is 131 Å². The van der Waals surface area contributed by atoms with E-state index >= 15 is 0 Å². The van der Waals surface area contributed by atoms with Gasteiger partial charge >= 0.3 is 6.09 Å². The summed E-state index contributed by atoms with van der Waals surface area (Å²) in [5, 5.41) is 0. The molecule has 0 fully saturated rings. The Labute approximate surface area is 258 Å². The smallest absolute Gasteiger partial charge is 0.410 e. The van der Waals surface area contributed by atoms with Gasteiger partial charge in [0.05, 0.1) is 24.5 Å². The zero-order valence-corrected chi connectivity index (χ0v) is 25.2. The number of carbonyl (C=O) groups excluding carboxylic acids is 2. The van der Waals surface area contributed by atoms with Crippen molar-refractivity contribution >= 4 is 12.0 Å². The first-order valence-corrected chi connectivity index (χ1v) is 15.3. The molecule has 3 heterocycles. The molecule has 0 aliphatic carbocycles. The average molecular weight is 588 g/mol. The van der Waals surface area contributed by atoms with Crippen LogP contribution in [0.25, 0.3) is 11.3 Å². The lowest BCUT2D eigenvalue weighted by Gasteiger charge is -2.48. The van der Waals surface area contributed by atoms with Gasteiger partial charge in [0.1, 0.15) is 12.4 Å². The van der Waals surface area contributed by atoms with E-state index in [0.29, 0.717) is 38.2 Å². The number of amides is 2. The van der Waals surface area contributed by atoms with Crippen molar-refractivity contribution in [2.45, 2.75) is 45.3 Å². The number of rotatable bonds is 7. The number of ether oxygens (including phenoxy) is 2. The molecule has 4 aromatic rings. The zero-order valence-electron chi connectivity index (χ0n) is 25.2. The Morgan fingerprint density at radius 2 is 1.61 bits per heavy atom. The summed E-state index contributed by atoms with van der Waals surface area (Å²) in [6, 6.07) is 31.2. The molecule has 6 rings (SSSR count). The second kappa shape index (κ2) is 12.8.